The lowest BCUT2D eigenvalue weighted by Gasteiger charge is -2.02. The Hall–Kier alpha value is -2.37. The van der Waals surface area contributed by atoms with Gasteiger partial charge in [-0.05, 0) is 12.1 Å². The largest absolute Gasteiger partial charge is 0.493 e. The number of hydrogen-bond acceptors (Lipinski definition) is 5. The molecule has 15 heavy (non-hydrogen) atoms. The van der Waals surface area contributed by atoms with Crippen molar-refractivity contribution in [1.82, 2.24) is 9.97 Å². The molecule has 0 aliphatic rings. The maximum Gasteiger partial charge on any atom is 0.337 e. The summed E-state index contributed by atoms with van der Waals surface area (Å²) in [4.78, 5) is 17.7. The number of nitrogens with zero attached hydrogens (tertiary/aromatic N) is 2. The summed E-state index contributed by atoms with van der Waals surface area (Å²) in [7, 11) is 0. The lowest BCUT2D eigenvalue weighted by Crippen LogP contribution is -1.99. The molecule has 1 aromatic heterocycles. The van der Waals surface area contributed by atoms with Crippen LogP contribution in [0.4, 0.5) is 0 Å². The smallest absolute Gasteiger partial charge is 0.337 e. The fourth-order valence-electron chi connectivity index (χ4n) is 1.30. The van der Waals surface area contributed by atoms with Crippen LogP contribution >= 0.6 is 0 Å². The fourth-order valence-corrected chi connectivity index (χ4v) is 1.30. The molecule has 0 spiro atoms. The summed E-state index contributed by atoms with van der Waals surface area (Å²) in [6.07, 6.45) is 0. The molecule has 76 valence electrons. The molecule has 0 fully saturated rings. The standard InChI is InChI=1S/C9H6N2O4/c12-7-4-2-1-3-5(8(13)14)6(4)10-9(15)11-7/h1-3H,(H,13,14)(H2,10,11,12,15). The second-order valence-electron chi connectivity index (χ2n) is 2.85. The van der Waals surface area contributed by atoms with Gasteiger partial charge in [0.05, 0.1) is 16.5 Å². The quantitative estimate of drug-likeness (QED) is 0.635. The molecule has 2 aromatic rings. The minimum absolute atomic E-state index is 0.00926. The number of para-hydroxylation sites is 1. The van der Waals surface area contributed by atoms with Gasteiger partial charge in [-0.25, -0.2) is 4.79 Å². The van der Waals surface area contributed by atoms with Crippen LogP contribution in [0.3, 0.4) is 0 Å². The Morgan fingerprint density at radius 3 is 2.60 bits per heavy atom. The third kappa shape index (κ3) is 1.41. The molecule has 0 radical (unpaired) electrons. The first-order valence-electron chi connectivity index (χ1n) is 4.01. The fraction of sp³-hybridized carbons (Fsp3) is 0. The van der Waals surface area contributed by atoms with E-state index >= 15 is 0 Å². The summed E-state index contributed by atoms with van der Waals surface area (Å²) in [5, 5.41) is 27.4. The van der Waals surface area contributed by atoms with Gasteiger partial charge in [-0.1, -0.05) is 6.07 Å². The van der Waals surface area contributed by atoms with Gasteiger partial charge in [-0.15, -0.1) is 0 Å². The van der Waals surface area contributed by atoms with Crippen LogP contribution in [0.2, 0.25) is 0 Å². The van der Waals surface area contributed by atoms with Crippen LogP contribution in [0.1, 0.15) is 10.4 Å². The molecule has 0 unspecified atom stereocenters. The van der Waals surface area contributed by atoms with E-state index in [4.69, 9.17) is 10.2 Å². The van der Waals surface area contributed by atoms with Crippen LogP contribution < -0.4 is 0 Å². The summed E-state index contributed by atoms with van der Waals surface area (Å²) >= 11 is 0. The Kier molecular flexibility index (Phi) is 1.89. The second-order valence-corrected chi connectivity index (χ2v) is 2.85. The van der Waals surface area contributed by atoms with E-state index in [0.717, 1.165) is 0 Å². The van der Waals surface area contributed by atoms with Crippen LogP contribution in [0.15, 0.2) is 18.2 Å². The maximum absolute atomic E-state index is 10.8. The van der Waals surface area contributed by atoms with E-state index in [2.05, 4.69) is 9.97 Å². The molecule has 0 saturated carbocycles. The predicted molar refractivity (Wildman–Crippen MR) is 49.8 cm³/mol. The van der Waals surface area contributed by atoms with Crippen LogP contribution in [0.25, 0.3) is 10.9 Å². The topological polar surface area (TPSA) is 104 Å². The first kappa shape index (κ1) is 9.20. The number of aromatic nitrogens is 2. The second kappa shape index (κ2) is 3.09. The van der Waals surface area contributed by atoms with E-state index in [1.54, 1.807) is 0 Å². The van der Waals surface area contributed by atoms with E-state index in [1.165, 1.54) is 18.2 Å². The SMILES string of the molecule is O=C(O)c1cccc2c(O)nc(O)nc12. The van der Waals surface area contributed by atoms with E-state index in [0.29, 0.717) is 0 Å². The van der Waals surface area contributed by atoms with E-state index in [-0.39, 0.29) is 16.5 Å². The molecule has 0 amide bonds. The van der Waals surface area contributed by atoms with E-state index < -0.39 is 17.9 Å². The summed E-state index contributed by atoms with van der Waals surface area (Å²) < 4.78 is 0. The Bertz CT molecular complexity index is 553. The molecule has 0 bridgehead atoms. The van der Waals surface area contributed by atoms with Crippen LogP contribution in [-0.2, 0) is 0 Å². The molecule has 0 aliphatic heterocycles. The maximum atomic E-state index is 10.8. The number of benzene rings is 1. The van der Waals surface area contributed by atoms with Crippen molar-refractivity contribution in [2.24, 2.45) is 0 Å². The number of aromatic carboxylic acids is 1. The average Bonchev–Trinajstić information content (AvgIpc) is 2.16. The van der Waals surface area contributed by atoms with Crippen LogP contribution in [-0.4, -0.2) is 31.3 Å². The van der Waals surface area contributed by atoms with Gasteiger partial charge in [0.1, 0.15) is 0 Å². The zero-order chi connectivity index (χ0) is 11.0. The Balaban J connectivity index is 2.91. The minimum Gasteiger partial charge on any atom is -0.493 e. The Morgan fingerprint density at radius 1 is 1.20 bits per heavy atom. The van der Waals surface area contributed by atoms with E-state index in [9.17, 15) is 9.90 Å². The van der Waals surface area contributed by atoms with Crippen molar-refractivity contribution in [1.29, 1.82) is 0 Å². The van der Waals surface area contributed by atoms with Gasteiger partial charge in [0.2, 0.25) is 5.88 Å². The molecule has 2 rings (SSSR count). The molecule has 3 N–H and O–H groups in total. The van der Waals surface area contributed by atoms with Crippen molar-refractivity contribution in [3.8, 4) is 11.9 Å². The molecule has 0 aliphatic carbocycles. The average molecular weight is 206 g/mol. The highest BCUT2D eigenvalue weighted by atomic mass is 16.4. The van der Waals surface area contributed by atoms with Gasteiger partial charge in [-0.3, -0.25) is 0 Å². The molecule has 6 heteroatoms. The van der Waals surface area contributed by atoms with Gasteiger partial charge in [0.15, 0.2) is 0 Å². The van der Waals surface area contributed by atoms with Crippen molar-refractivity contribution in [3.63, 3.8) is 0 Å². The molecule has 6 nitrogen and oxygen atoms in total. The first-order chi connectivity index (χ1) is 7.09. The molecule has 1 aromatic carbocycles. The molecular formula is C9H6N2O4. The molecule has 0 saturated heterocycles. The number of carboxylic acids is 1. The van der Waals surface area contributed by atoms with Crippen LogP contribution in [0.5, 0.6) is 11.9 Å². The van der Waals surface area contributed by atoms with Gasteiger partial charge in [0, 0.05) is 0 Å². The van der Waals surface area contributed by atoms with Crippen molar-refractivity contribution >= 4 is 16.9 Å². The monoisotopic (exact) mass is 206 g/mol. The summed E-state index contributed by atoms with van der Waals surface area (Å²) in [6.45, 7) is 0. The Labute approximate surface area is 83.5 Å². The van der Waals surface area contributed by atoms with Crippen molar-refractivity contribution in [2.75, 3.05) is 0 Å². The van der Waals surface area contributed by atoms with Gasteiger partial charge in [0.25, 0.3) is 0 Å². The summed E-state index contributed by atoms with van der Waals surface area (Å²) in [5.74, 6) is -1.63. The zero-order valence-corrected chi connectivity index (χ0v) is 7.38. The number of carboxylic acid groups (broad SMARTS) is 1. The number of rotatable bonds is 1. The predicted octanol–water partition coefficient (Wildman–Crippen LogP) is 0.739. The lowest BCUT2D eigenvalue weighted by atomic mass is 10.1. The van der Waals surface area contributed by atoms with Crippen molar-refractivity contribution in [3.05, 3.63) is 23.8 Å². The van der Waals surface area contributed by atoms with Gasteiger partial charge >= 0.3 is 12.0 Å². The number of aromatic hydroxyl groups is 2. The third-order valence-corrected chi connectivity index (χ3v) is 1.93. The van der Waals surface area contributed by atoms with Crippen LogP contribution in [0, 0.1) is 0 Å². The zero-order valence-electron chi connectivity index (χ0n) is 7.38. The summed E-state index contributed by atoms with van der Waals surface area (Å²) in [5.41, 5.74) is -0.0875. The van der Waals surface area contributed by atoms with E-state index in [1.807, 2.05) is 0 Å². The van der Waals surface area contributed by atoms with Crippen molar-refractivity contribution in [2.45, 2.75) is 0 Å². The third-order valence-electron chi connectivity index (χ3n) is 1.93. The summed E-state index contributed by atoms with van der Waals surface area (Å²) in [6, 6.07) is 3.60. The normalized spacial score (nSPS) is 10.4. The highest BCUT2D eigenvalue weighted by Crippen LogP contribution is 2.25. The molecule has 0 atom stereocenters. The van der Waals surface area contributed by atoms with Crippen molar-refractivity contribution < 1.29 is 20.1 Å². The number of carbonyl (C=O) groups is 1. The van der Waals surface area contributed by atoms with Gasteiger partial charge < -0.3 is 15.3 Å². The lowest BCUT2D eigenvalue weighted by molar-refractivity contribution is 0.0699. The number of hydrogen-bond donors (Lipinski definition) is 3. The molecular weight excluding hydrogens is 200 g/mol. The highest BCUT2D eigenvalue weighted by molar-refractivity contribution is 6.02. The number of fused-ring (bicyclic) bond motifs is 1. The Morgan fingerprint density at radius 2 is 1.93 bits per heavy atom. The molecule has 1 heterocycles. The first-order valence-corrected chi connectivity index (χ1v) is 4.01. The highest BCUT2D eigenvalue weighted by Gasteiger charge is 2.13. The van der Waals surface area contributed by atoms with Gasteiger partial charge in [-0.2, -0.15) is 9.97 Å². The minimum atomic E-state index is -1.18.